The largest absolute Gasteiger partial charge is 0.630 e. The van der Waals surface area contributed by atoms with Crippen LogP contribution in [-0.2, 0) is 0 Å². The molecule has 2 aromatic rings. The zero-order valence-corrected chi connectivity index (χ0v) is 11.3. The van der Waals surface area contributed by atoms with Gasteiger partial charge in [0.05, 0.1) is 14.7 Å². The van der Waals surface area contributed by atoms with Crippen LogP contribution < -0.4 is 5.48 Å². The van der Waals surface area contributed by atoms with Gasteiger partial charge < -0.3 is 10.7 Å². The van der Waals surface area contributed by atoms with E-state index < -0.39 is 4.92 Å². The third-order valence-corrected chi connectivity index (χ3v) is 4.82. The van der Waals surface area contributed by atoms with E-state index in [0.29, 0.717) is 10.6 Å². The van der Waals surface area contributed by atoms with Gasteiger partial charge in [-0.05, 0) is 33.7 Å². The first-order valence-electron chi connectivity index (χ1n) is 5.34. The van der Waals surface area contributed by atoms with Crippen molar-refractivity contribution in [1.82, 2.24) is 0 Å². The summed E-state index contributed by atoms with van der Waals surface area (Å²) in [5.41, 5.74) is 1.43. The van der Waals surface area contributed by atoms with Gasteiger partial charge in [0, 0.05) is 12.1 Å². The maximum absolute atomic E-state index is 10.9. The van der Waals surface area contributed by atoms with Crippen LogP contribution in [0.2, 0.25) is 0 Å². The molecular weight excluding hydrogens is 284 g/mol. The predicted octanol–water partition coefficient (Wildman–Crippen LogP) is 3.09. The lowest BCUT2D eigenvalue weighted by atomic mass is 10.3. The molecule has 98 valence electrons. The molecule has 2 aromatic carbocycles. The first kappa shape index (κ1) is 13.9. The third-order valence-electron chi connectivity index (χ3n) is 2.33. The van der Waals surface area contributed by atoms with E-state index in [2.05, 4.69) is 0 Å². The second-order valence-corrected chi connectivity index (χ2v) is 5.76. The summed E-state index contributed by atoms with van der Waals surface area (Å²) in [5, 5.41) is 21.8. The normalized spacial score (nSPS) is 10.4. The van der Waals surface area contributed by atoms with E-state index in [-0.39, 0.29) is 5.69 Å². The average molecular weight is 294 g/mol. The Bertz CT molecular complexity index is 593. The van der Waals surface area contributed by atoms with Gasteiger partial charge >= 0.3 is 0 Å². The van der Waals surface area contributed by atoms with E-state index in [1.165, 1.54) is 27.7 Å². The van der Waals surface area contributed by atoms with Crippen molar-refractivity contribution in [3.63, 3.8) is 0 Å². The molecule has 19 heavy (non-hydrogen) atoms. The van der Waals surface area contributed by atoms with Crippen LogP contribution in [-0.4, -0.2) is 4.92 Å². The fourth-order valence-corrected chi connectivity index (χ4v) is 3.73. The van der Waals surface area contributed by atoms with Crippen molar-refractivity contribution < 1.29 is 10.4 Å². The average Bonchev–Trinajstić information content (AvgIpc) is 2.45. The molecule has 0 saturated carbocycles. The zero-order chi connectivity index (χ0) is 13.7. The van der Waals surface area contributed by atoms with Crippen LogP contribution >= 0.6 is 21.6 Å². The minimum Gasteiger partial charge on any atom is -0.630 e. The number of nitro groups is 1. The van der Waals surface area contributed by atoms with E-state index >= 15 is 0 Å². The van der Waals surface area contributed by atoms with E-state index in [1.54, 1.807) is 30.3 Å². The molecule has 0 amide bonds. The molecule has 2 N–H and O–H groups in total. The second-order valence-electron chi connectivity index (χ2n) is 3.55. The van der Waals surface area contributed by atoms with Crippen LogP contribution in [0.1, 0.15) is 0 Å². The van der Waals surface area contributed by atoms with Gasteiger partial charge in [-0.25, -0.2) is 0 Å². The van der Waals surface area contributed by atoms with Gasteiger partial charge in [-0.3, -0.25) is 10.1 Å². The van der Waals surface area contributed by atoms with Crippen LogP contribution in [0.4, 0.5) is 11.4 Å². The number of rotatable bonds is 5. The van der Waals surface area contributed by atoms with Crippen molar-refractivity contribution in [3.05, 3.63) is 63.9 Å². The summed E-state index contributed by atoms with van der Waals surface area (Å²) in [5.74, 6) is 0. The van der Waals surface area contributed by atoms with Gasteiger partial charge in [0.15, 0.2) is 0 Å². The third kappa shape index (κ3) is 3.48. The Morgan fingerprint density at radius 1 is 0.947 bits per heavy atom. The van der Waals surface area contributed by atoms with E-state index in [0.717, 1.165) is 10.4 Å². The van der Waals surface area contributed by atoms with Crippen LogP contribution in [0.5, 0.6) is 0 Å². The monoisotopic (exact) mass is 294 g/mol. The number of benzene rings is 2. The van der Waals surface area contributed by atoms with Crippen LogP contribution in [0.3, 0.4) is 0 Å². The van der Waals surface area contributed by atoms with Gasteiger partial charge in [-0.2, -0.15) is 0 Å². The summed E-state index contributed by atoms with van der Waals surface area (Å²) in [6.07, 6.45) is 0. The first-order valence-corrected chi connectivity index (χ1v) is 7.49. The summed E-state index contributed by atoms with van der Waals surface area (Å²) in [6, 6.07) is 13.7. The van der Waals surface area contributed by atoms with Gasteiger partial charge in [0.2, 0.25) is 0 Å². The zero-order valence-electron chi connectivity index (χ0n) is 9.68. The molecule has 0 aromatic heterocycles. The quantitative estimate of drug-likeness (QED) is 0.396. The molecule has 0 aliphatic heterocycles. The highest BCUT2D eigenvalue weighted by Gasteiger charge is 2.14. The molecule has 0 radical (unpaired) electrons. The number of hydrogen-bond acceptors (Lipinski definition) is 5. The first-order chi connectivity index (χ1) is 9.22. The van der Waals surface area contributed by atoms with Crippen molar-refractivity contribution >= 4 is 33.0 Å². The molecule has 5 nitrogen and oxygen atoms in total. The van der Waals surface area contributed by atoms with Crippen LogP contribution in [0, 0.1) is 15.3 Å². The molecule has 0 fully saturated rings. The number of hydrogen-bond donors (Lipinski definition) is 1. The maximum Gasteiger partial charge on any atom is 0.283 e. The molecule has 7 heteroatoms. The van der Waals surface area contributed by atoms with E-state index in [9.17, 15) is 15.3 Å². The summed E-state index contributed by atoms with van der Waals surface area (Å²) in [6.45, 7) is 0. The molecule has 0 unspecified atom stereocenters. The molecule has 0 heterocycles. The van der Waals surface area contributed by atoms with Crippen molar-refractivity contribution in [2.45, 2.75) is 9.79 Å². The number of nitrogens with two attached hydrogens (primary N) is 1. The number of nitrogens with zero attached hydrogens (tertiary/aromatic N) is 1. The van der Waals surface area contributed by atoms with Crippen molar-refractivity contribution in [3.8, 4) is 0 Å². The summed E-state index contributed by atoms with van der Waals surface area (Å²) >= 11 is 0. The Kier molecular flexibility index (Phi) is 4.80. The molecule has 2 rings (SSSR count). The molecular formula is C12H10N2O3S2. The van der Waals surface area contributed by atoms with Crippen LogP contribution in [0.25, 0.3) is 0 Å². The van der Waals surface area contributed by atoms with E-state index in [1.807, 2.05) is 12.1 Å². The minimum absolute atomic E-state index is 0.0728. The predicted molar refractivity (Wildman–Crippen MR) is 76.2 cm³/mol. The van der Waals surface area contributed by atoms with Crippen LogP contribution in [0.15, 0.2) is 58.3 Å². The highest BCUT2D eigenvalue weighted by Crippen LogP contribution is 2.42. The Labute approximate surface area is 117 Å². The topological polar surface area (TPSA) is 82.8 Å². The lowest BCUT2D eigenvalue weighted by Crippen LogP contribution is -2.70. The van der Waals surface area contributed by atoms with Crippen molar-refractivity contribution in [2.75, 3.05) is 0 Å². The Morgan fingerprint density at radius 2 is 1.53 bits per heavy atom. The molecule has 0 saturated heterocycles. The van der Waals surface area contributed by atoms with Gasteiger partial charge in [0.25, 0.3) is 5.69 Å². The molecule has 0 aliphatic rings. The van der Waals surface area contributed by atoms with Gasteiger partial charge in [0.1, 0.15) is 5.69 Å². The van der Waals surface area contributed by atoms with Gasteiger partial charge in [-0.15, -0.1) is 0 Å². The number of para-hydroxylation sites is 1. The standard InChI is InChI=1S/C12H10N2O3S2/c15-13-9-5-1-3-7-11(9)18-19-12-8-4-2-6-10(12)14(16)17/h1-8H,13H2. The molecule has 0 spiro atoms. The number of quaternary nitrogens is 1. The second kappa shape index (κ2) is 6.58. The SMILES string of the molecule is O=[N+]([O-])c1ccccc1SSc1ccccc1[NH2+][O-]. The van der Waals surface area contributed by atoms with E-state index in [4.69, 9.17) is 0 Å². The van der Waals surface area contributed by atoms with Crippen molar-refractivity contribution in [2.24, 2.45) is 0 Å². The summed E-state index contributed by atoms with van der Waals surface area (Å²) < 4.78 is 0. The lowest BCUT2D eigenvalue weighted by molar-refractivity contribution is -0.499. The highest BCUT2D eigenvalue weighted by atomic mass is 33.1. The fraction of sp³-hybridized carbons (Fsp3) is 0. The Hall–Kier alpha value is -1.54. The fourth-order valence-electron chi connectivity index (χ4n) is 1.42. The lowest BCUT2D eigenvalue weighted by Gasteiger charge is -2.07. The summed E-state index contributed by atoms with van der Waals surface area (Å²) in [4.78, 5) is 11.8. The molecule has 0 aliphatic carbocycles. The smallest absolute Gasteiger partial charge is 0.283 e. The van der Waals surface area contributed by atoms with Crippen molar-refractivity contribution in [1.29, 1.82) is 0 Å². The maximum atomic E-state index is 10.9. The number of nitro benzene ring substituents is 1. The Balaban J connectivity index is 2.17. The summed E-state index contributed by atoms with van der Waals surface area (Å²) in [7, 11) is 2.61. The molecule has 0 bridgehead atoms. The highest BCUT2D eigenvalue weighted by molar-refractivity contribution is 8.76. The minimum atomic E-state index is -0.408. The molecule has 0 atom stereocenters. The van der Waals surface area contributed by atoms with Gasteiger partial charge in [-0.1, -0.05) is 24.3 Å². The Morgan fingerprint density at radius 3 is 2.21 bits per heavy atom.